The van der Waals surface area contributed by atoms with E-state index in [1.807, 2.05) is 61.5 Å². The van der Waals surface area contributed by atoms with Gasteiger partial charge >= 0.3 is 0 Å². The predicted octanol–water partition coefficient (Wildman–Crippen LogP) is 8.60. The molecule has 308 valence electrons. The van der Waals surface area contributed by atoms with Gasteiger partial charge in [-0.3, -0.25) is 4.79 Å². The number of hydrogen-bond donors (Lipinski definition) is 3. The van der Waals surface area contributed by atoms with Crippen LogP contribution in [0.15, 0.2) is 108 Å². The smallest absolute Gasteiger partial charge is 0.268 e. The Hall–Kier alpha value is -5.96. The molecule has 2 aliphatic heterocycles. The maximum atomic E-state index is 13.9. The number of sulfonamides is 1. The Labute approximate surface area is 353 Å². The molecule has 60 heavy (non-hydrogen) atoms. The molecule has 0 radical (unpaired) electrons. The van der Waals surface area contributed by atoms with Crippen LogP contribution in [-0.2, 0) is 21.3 Å². The topological polar surface area (TPSA) is 156 Å². The molecule has 6 heterocycles. The quantitative estimate of drug-likeness (QED) is 0.109. The highest BCUT2D eigenvalue weighted by Crippen LogP contribution is 2.35. The third-order valence-corrected chi connectivity index (χ3v) is 13.1. The molecule has 7 aromatic rings. The van der Waals surface area contributed by atoms with E-state index >= 15 is 0 Å². The van der Waals surface area contributed by atoms with Crippen LogP contribution >= 0.6 is 11.6 Å². The number of benzene rings is 3. The number of nitrogens with zero attached hydrogens (tertiary/aromatic N) is 5. The normalized spacial score (nSPS) is 15.4. The lowest BCUT2D eigenvalue weighted by atomic mass is 9.96. The number of imidazole rings is 1. The summed E-state index contributed by atoms with van der Waals surface area (Å²) in [5.74, 6) is 1.54. The van der Waals surface area contributed by atoms with Crippen LogP contribution in [0.1, 0.15) is 41.6 Å². The largest absolute Gasteiger partial charge is 0.455 e. The Morgan fingerprint density at radius 2 is 1.77 bits per heavy atom. The van der Waals surface area contributed by atoms with Crippen molar-refractivity contribution in [2.45, 2.75) is 44.0 Å². The number of aromatic nitrogens is 5. The van der Waals surface area contributed by atoms with Gasteiger partial charge in [-0.2, -0.15) is 0 Å². The van der Waals surface area contributed by atoms with Crippen molar-refractivity contribution in [1.29, 1.82) is 0 Å². The summed E-state index contributed by atoms with van der Waals surface area (Å²) in [5, 5.41) is 4.96. The Morgan fingerprint density at radius 3 is 2.57 bits per heavy atom. The number of H-pyrrole nitrogens is 1. The summed E-state index contributed by atoms with van der Waals surface area (Å²) in [7, 11) is -4.23. The molecule has 0 spiro atoms. The summed E-state index contributed by atoms with van der Waals surface area (Å²) in [6, 6.07) is 25.4. The number of aryl methyl sites for hydroxylation is 1. The zero-order valence-corrected chi connectivity index (χ0v) is 34.7. The molecule has 0 bridgehead atoms. The number of carbonyl (C=O) groups is 1. The number of halogens is 1. The van der Waals surface area contributed by atoms with E-state index in [4.69, 9.17) is 26.1 Å². The molecule has 2 aliphatic rings. The number of ether oxygens (including phenoxy) is 2. The third-order valence-electron chi connectivity index (χ3n) is 11.5. The lowest BCUT2D eigenvalue weighted by molar-refractivity contribution is 0.0699. The van der Waals surface area contributed by atoms with E-state index in [-0.39, 0.29) is 16.2 Å². The second-order valence-electron chi connectivity index (χ2n) is 15.5. The minimum atomic E-state index is -4.23. The van der Waals surface area contributed by atoms with Crippen LogP contribution in [0.4, 0.5) is 11.4 Å². The zero-order valence-electron chi connectivity index (χ0n) is 33.1. The van der Waals surface area contributed by atoms with Gasteiger partial charge in [0.05, 0.1) is 16.7 Å². The van der Waals surface area contributed by atoms with Crippen LogP contribution in [-0.4, -0.2) is 71.7 Å². The Bertz CT molecular complexity index is 2780. The molecular formula is C45H45ClN8O5S. The van der Waals surface area contributed by atoms with Gasteiger partial charge in [0, 0.05) is 85.2 Å². The summed E-state index contributed by atoms with van der Waals surface area (Å²) in [4.78, 5) is 33.3. The predicted molar refractivity (Wildman–Crippen MR) is 233 cm³/mol. The molecule has 0 unspecified atom stereocenters. The molecule has 0 atom stereocenters. The number of hydrogen-bond acceptors (Lipinski definition) is 10. The molecule has 13 nitrogen and oxygen atoms in total. The van der Waals surface area contributed by atoms with Crippen molar-refractivity contribution in [3.05, 3.63) is 120 Å². The molecule has 2 saturated heterocycles. The first-order valence-electron chi connectivity index (χ1n) is 20.2. The number of amides is 1. The molecule has 2 fully saturated rings. The summed E-state index contributed by atoms with van der Waals surface area (Å²) < 4.78 is 43.7. The lowest BCUT2D eigenvalue weighted by Gasteiger charge is -2.34. The average molecular weight is 845 g/mol. The van der Waals surface area contributed by atoms with Gasteiger partial charge in [0.1, 0.15) is 28.5 Å². The van der Waals surface area contributed by atoms with Crippen LogP contribution in [0.25, 0.3) is 33.6 Å². The molecule has 9 rings (SSSR count). The van der Waals surface area contributed by atoms with Gasteiger partial charge in [0.2, 0.25) is 0 Å². The highest BCUT2D eigenvalue weighted by Gasteiger charge is 2.27. The lowest BCUT2D eigenvalue weighted by Crippen LogP contribution is -2.35. The summed E-state index contributed by atoms with van der Waals surface area (Å²) in [6.07, 6.45) is 8.94. The number of fused-ring (bicyclic) bond motifs is 2. The number of rotatable bonds is 12. The van der Waals surface area contributed by atoms with E-state index in [2.05, 4.69) is 34.5 Å². The van der Waals surface area contributed by atoms with Crippen LogP contribution < -0.4 is 19.7 Å². The maximum Gasteiger partial charge on any atom is 0.268 e. The third kappa shape index (κ3) is 8.53. The van der Waals surface area contributed by atoms with Gasteiger partial charge in [-0.25, -0.2) is 28.1 Å². The van der Waals surface area contributed by atoms with E-state index < -0.39 is 15.9 Å². The monoisotopic (exact) mass is 844 g/mol. The van der Waals surface area contributed by atoms with Crippen molar-refractivity contribution in [2.75, 3.05) is 43.1 Å². The molecule has 0 saturated carbocycles. The van der Waals surface area contributed by atoms with E-state index in [1.165, 1.54) is 6.07 Å². The minimum absolute atomic E-state index is 0.00575. The number of carbonyl (C=O) groups excluding carboxylic acids is 1. The standard InChI is InChI=1S/C45H45ClN8O5S/c1-29-23-37(9-11-39(29)49-26-30-15-21-58-22-16-30)60(56,57)52-45(55)38-10-8-35(25-41(38)59-36-24-33-12-18-47-42(33)50-27-36)53-19-13-31(14-20-53)28-54-43(32-4-6-34(46)7-5-32)51-40-3-2-17-48-44(40)54/h2-12,17-18,23-25,27,30-31,49H,13-16,19-22,26,28H2,1H3,(H,47,50)(H,52,55). The van der Waals surface area contributed by atoms with E-state index in [9.17, 15) is 13.2 Å². The SMILES string of the molecule is Cc1cc(S(=O)(=O)NC(=O)c2ccc(N3CCC(Cn4c(-c5ccc(Cl)cc5)nc5cccnc54)CC3)cc2Oc2cnc3[nH]ccc3c2)ccc1NCC1CCOCC1. The van der Waals surface area contributed by atoms with E-state index in [1.54, 1.807) is 42.9 Å². The number of anilines is 2. The first-order valence-corrected chi connectivity index (χ1v) is 22.1. The van der Waals surface area contributed by atoms with Crippen molar-refractivity contribution < 1.29 is 22.7 Å². The molecule has 3 N–H and O–H groups in total. The van der Waals surface area contributed by atoms with Gasteiger partial charge in [0.15, 0.2) is 5.65 Å². The molecule has 15 heteroatoms. The Morgan fingerprint density at radius 1 is 0.950 bits per heavy atom. The van der Waals surface area contributed by atoms with Crippen molar-refractivity contribution in [1.82, 2.24) is 29.2 Å². The zero-order chi connectivity index (χ0) is 41.2. The average Bonchev–Trinajstić information content (AvgIpc) is 3.88. The highest BCUT2D eigenvalue weighted by molar-refractivity contribution is 7.90. The fourth-order valence-electron chi connectivity index (χ4n) is 8.11. The Balaban J connectivity index is 0.928. The molecule has 4 aromatic heterocycles. The molecule has 0 aliphatic carbocycles. The Kier molecular flexibility index (Phi) is 11.2. The van der Waals surface area contributed by atoms with Gasteiger partial charge in [-0.15, -0.1) is 0 Å². The highest BCUT2D eigenvalue weighted by atomic mass is 35.5. The molecule has 1 amide bonds. The van der Waals surface area contributed by atoms with Crippen molar-refractivity contribution in [3.63, 3.8) is 0 Å². The number of pyridine rings is 2. The second kappa shape index (κ2) is 17.0. The first kappa shape index (κ1) is 39.5. The fourth-order valence-corrected chi connectivity index (χ4v) is 9.28. The second-order valence-corrected chi connectivity index (χ2v) is 17.7. The maximum absolute atomic E-state index is 13.9. The molecular weight excluding hydrogens is 800 g/mol. The van der Waals surface area contributed by atoms with Gasteiger partial charge in [-0.1, -0.05) is 11.6 Å². The fraction of sp³-hybridized carbons (Fsp3) is 0.289. The summed E-state index contributed by atoms with van der Waals surface area (Å²) in [6.45, 7) is 6.42. The summed E-state index contributed by atoms with van der Waals surface area (Å²) >= 11 is 6.21. The van der Waals surface area contributed by atoms with Gasteiger partial charge in [-0.05, 0) is 129 Å². The van der Waals surface area contributed by atoms with Gasteiger partial charge in [0.25, 0.3) is 15.9 Å². The van der Waals surface area contributed by atoms with Crippen LogP contribution in [0, 0.1) is 18.8 Å². The minimum Gasteiger partial charge on any atom is -0.455 e. The van der Waals surface area contributed by atoms with Crippen molar-refractivity contribution in [3.8, 4) is 22.9 Å². The number of nitrogens with one attached hydrogen (secondary N) is 3. The number of piperidine rings is 1. The summed E-state index contributed by atoms with van der Waals surface area (Å²) in [5.41, 5.74) is 5.91. The first-order chi connectivity index (χ1) is 29.2. The molecule has 3 aromatic carbocycles. The van der Waals surface area contributed by atoms with Crippen molar-refractivity contribution >= 4 is 61.1 Å². The van der Waals surface area contributed by atoms with Crippen LogP contribution in [0.3, 0.4) is 0 Å². The van der Waals surface area contributed by atoms with Crippen LogP contribution in [0.2, 0.25) is 5.02 Å². The van der Waals surface area contributed by atoms with Gasteiger partial charge < -0.3 is 29.2 Å². The van der Waals surface area contributed by atoms with E-state index in [0.717, 1.165) is 110 Å². The van der Waals surface area contributed by atoms with Crippen LogP contribution in [0.5, 0.6) is 11.5 Å². The van der Waals surface area contributed by atoms with Crippen molar-refractivity contribution in [2.24, 2.45) is 11.8 Å². The van der Waals surface area contributed by atoms with E-state index in [0.29, 0.717) is 28.3 Å². The number of aromatic amines is 1.